The maximum Gasteiger partial charge on any atom is 0.227 e. The number of carbonyl (C=O) groups excluding carboxylic acids is 2. The van der Waals surface area contributed by atoms with Crippen molar-refractivity contribution >= 4 is 29.9 Å². The zero-order valence-corrected chi connectivity index (χ0v) is 15.3. The summed E-state index contributed by atoms with van der Waals surface area (Å²) in [6, 6.07) is 17.2. The number of amides is 2. The van der Waals surface area contributed by atoms with Crippen LogP contribution in [0, 0.1) is 5.92 Å². The van der Waals surface area contributed by atoms with Crippen LogP contribution in [0.5, 0.6) is 0 Å². The van der Waals surface area contributed by atoms with Gasteiger partial charge < -0.3 is 16.4 Å². The number of rotatable bonds is 6. The van der Waals surface area contributed by atoms with Crippen molar-refractivity contribution in [2.75, 3.05) is 11.9 Å². The first-order valence-electron chi connectivity index (χ1n) is 8.59. The monoisotopic (exact) mass is 373 g/mol. The molecule has 26 heavy (non-hydrogen) atoms. The third-order valence-corrected chi connectivity index (χ3v) is 4.58. The fourth-order valence-corrected chi connectivity index (χ4v) is 3.08. The number of benzene rings is 2. The number of para-hydroxylation sites is 1. The molecule has 1 heterocycles. The molecule has 0 bridgehead atoms. The lowest BCUT2D eigenvalue weighted by atomic mass is 9.89. The van der Waals surface area contributed by atoms with Gasteiger partial charge in [0.25, 0.3) is 0 Å². The molecule has 0 fully saturated rings. The molecule has 0 aromatic heterocycles. The molecular formula is C20H24ClN3O2. The van der Waals surface area contributed by atoms with E-state index in [-0.39, 0.29) is 36.2 Å². The smallest absolute Gasteiger partial charge is 0.227 e. The van der Waals surface area contributed by atoms with Crippen molar-refractivity contribution in [1.82, 2.24) is 5.32 Å². The summed E-state index contributed by atoms with van der Waals surface area (Å²) < 4.78 is 0. The van der Waals surface area contributed by atoms with Gasteiger partial charge in [0.2, 0.25) is 11.8 Å². The molecule has 6 heteroatoms. The van der Waals surface area contributed by atoms with Gasteiger partial charge >= 0.3 is 0 Å². The van der Waals surface area contributed by atoms with Crippen molar-refractivity contribution in [2.24, 2.45) is 11.7 Å². The summed E-state index contributed by atoms with van der Waals surface area (Å²) in [5.41, 5.74) is 9.07. The van der Waals surface area contributed by atoms with Gasteiger partial charge in [0.1, 0.15) is 0 Å². The molecule has 0 saturated heterocycles. The molecule has 3 rings (SSSR count). The van der Waals surface area contributed by atoms with Crippen molar-refractivity contribution in [3.8, 4) is 0 Å². The van der Waals surface area contributed by atoms with Crippen LogP contribution in [-0.2, 0) is 16.0 Å². The average Bonchev–Trinajstić information content (AvgIpc) is 2.65. The minimum absolute atomic E-state index is 0. The molecular weight excluding hydrogens is 350 g/mol. The molecule has 2 unspecified atom stereocenters. The van der Waals surface area contributed by atoms with Crippen molar-refractivity contribution < 1.29 is 9.59 Å². The second-order valence-electron chi connectivity index (χ2n) is 6.41. The molecule has 4 N–H and O–H groups in total. The number of hydrogen-bond donors (Lipinski definition) is 3. The SMILES string of the molecule is Cl.NC(CNC(=O)CCC1Cc2ccccc2NC1=O)c1ccccc1. The number of nitrogens with one attached hydrogen (secondary N) is 2. The summed E-state index contributed by atoms with van der Waals surface area (Å²) in [7, 11) is 0. The van der Waals surface area contributed by atoms with Gasteiger partial charge in [-0.05, 0) is 30.0 Å². The first-order valence-corrected chi connectivity index (χ1v) is 8.59. The van der Waals surface area contributed by atoms with E-state index < -0.39 is 0 Å². The lowest BCUT2D eigenvalue weighted by Crippen LogP contribution is -2.34. The zero-order valence-electron chi connectivity index (χ0n) is 14.5. The van der Waals surface area contributed by atoms with E-state index in [0.717, 1.165) is 16.8 Å². The Bertz CT molecular complexity index is 752. The predicted octanol–water partition coefficient (Wildman–Crippen LogP) is 2.82. The Labute approximate surface area is 159 Å². The van der Waals surface area contributed by atoms with Crippen LogP contribution in [0.2, 0.25) is 0 Å². The molecule has 0 spiro atoms. The van der Waals surface area contributed by atoms with Gasteiger partial charge in [-0.25, -0.2) is 0 Å². The maximum atomic E-state index is 12.2. The molecule has 1 aliphatic heterocycles. The van der Waals surface area contributed by atoms with Gasteiger partial charge in [0.05, 0.1) is 0 Å². The lowest BCUT2D eigenvalue weighted by Gasteiger charge is -2.24. The topological polar surface area (TPSA) is 84.2 Å². The number of fused-ring (bicyclic) bond motifs is 1. The highest BCUT2D eigenvalue weighted by atomic mass is 35.5. The first-order chi connectivity index (χ1) is 12.1. The van der Waals surface area contributed by atoms with Crippen LogP contribution in [0.25, 0.3) is 0 Å². The quantitative estimate of drug-likeness (QED) is 0.728. The Hall–Kier alpha value is -2.37. The molecule has 0 radical (unpaired) electrons. The Morgan fingerprint density at radius 3 is 2.62 bits per heavy atom. The highest BCUT2D eigenvalue weighted by Crippen LogP contribution is 2.27. The Kier molecular flexibility index (Phi) is 7.18. The average molecular weight is 374 g/mol. The number of hydrogen-bond acceptors (Lipinski definition) is 3. The molecule has 5 nitrogen and oxygen atoms in total. The molecule has 138 valence electrons. The second kappa shape index (κ2) is 9.36. The lowest BCUT2D eigenvalue weighted by molar-refractivity contribution is -0.122. The third-order valence-electron chi connectivity index (χ3n) is 4.58. The van der Waals surface area contributed by atoms with Crippen LogP contribution in [-0.4, -0.2) is 18.4 Å². The Morgan fingerprint density at radius 2 is 1.85 bits per heavy atom. The highest BCUT2D eigenvalue weighted by molar-refractivity contribution is 5.96. The molecule has 2 aromatic rings. The van der Waals surface area contributed by atoms with Gasteiger partial charge in [-0.3, -0.25) is 9.59 Å². The van der Waals surface area contributed by atoms with E-state index in [9.17, 15) is 9.59 Å². The first kappa shape index (κ1) is 19.9. The van der Waals surface area contributed by atoms with E-state index in [0.29, 0.717) is 25.8 Å². The largest absolute Gasteiger partial charge is 0.354 e. The van der Waals surface area contributed by atoms with E-state index >= 15 is 0 Å². The van der Waals surface area contributed by atoms with E-state index in [4.69, 9.17) is 5.73 Å². The fourth-order valence-electron chi connectivity index (χ4n) is 3.08. The second-order valence-corrected chi connectivity index (χ2v) is 6.41. The number of nitrogens with two attached hydrogens (primary N) is 1. The van der Waals surface area contributed by atoms with Gasteiger partial charge in [0.15, 0.2) is 0 Å². The Balaban J connectivity index is 0.00000243. The van der Waals surface area contributed by atoms with Crippen LogP contribution in [0.15, 0.2) is 54.6 Å². The summed E-state index contributed by atoms with van der Waals surface area (Å²) in [6.07, 6.45) is 1.53. The van der Waals surface area contributed by atoms with Gasteiger partial charge in [-0.15, -0.1) is 12.4 Å². The minimum Gasteiger partial charge on any atom is -0.354 e. The van der Waals surface area contributed by atoms with Gasteiger partial charge in [-0.2, -0.15) is 0 Å². The van der Waals surface area contributed by atoms with Crippen LogP contribution in [0.3, 0.4) is 0 Å². The van der Waals surface area contributed by atoms with E-state index in [1.165, 1.54) is 0 Å². The summed E-state index contributed by atoms with van der Waals surface area (Å²) >= 11 is 0. The summed E-state index contributed by atoms with van der Waals surface area (Å²) in [6.45, 7) is 0.391. The maximum absolute atomic E-state index is 12.2. The van der Waals surface area contributed by atoms with Crippen molar-refractivity contribution in [2.45, 2.75) is 25.3 Å². The van der Waals surface area contributed by atoms with E-state index in [2.05, 4.69) is 10.6 Å². The highest BCUT2D eigenvalue weighted by Gasteiger charge is 2.26. The van der Waals surface area contributed by atoms with Gasteiger partial charge in [-0.1, -0.05) is 48.5 Å². The summed E-state index contributed by atoms with van der Waals surface area (Å²) in [5.74, 6) is -0.242. The van der Waals surface area contributed by atoms with Crippen molar-refractivity contribution in [3.63, 3.8) is 0 Å². The van der Waals surface area contributed by atoms with E-state index in [1.807, 2.05) is 54.6 Å². The summed E-state index contributed by atoms with van der Waals surface area (Å²) in [5, 5.41) is 5.77. The number of carbonyl (C=O) groups is 2. The predicted molar refractivity (Wildman–Crippen MR) is 105 cm³/mol. The van der Waals surface area contributed by atoms with Crippen molar-refractivity contribution in [3.05, 3.63) is 65.7 Å². The zero-order chi connectivity index (χ0) is 17.6. The van der Waals surface area contributed by atoms with Crippen LogP contribution >= 0.6 is 12.4 Å². The standard InChI is InChI=1S/C20H23N3O2.ClH/c21-17(14-6-2-1-3-7-14)13-22-19(24)11-10-16-12-15-8-4-5-9-18(15)23-20(16)25;/h1-9,16-17H,10-13,21H2,(H,22,24)(H,23,25);1H. The fraction of sp³-hybridized carbons (Fsp3) is 0.300. The molecule has 0 saturated carbocycles. The molecule has 2 atom stereocenters. The van der Waals surface area contributed by atoms with Crippen LogP contribution < -0.4 is 16.4 Å². The normalized spacial score (nSPS) is 16.7. The Morgan fingerprint density at radius 1 is 1.15 bits per heavy atom. The van der Waals surface area contributed by atoms with Crippen LogP contribution in [0.4, 0.5) is 5.69 Å². The molecule has 0 aliphatic carbocycles. The molecule has 2 aromatic carbocycles. The van der Waals surface area contributed by atoms with E-state index in [1.54, 1.807) is 0 Å². The molecule has 2 amide bonds. The molecule has 1 aliphatic rings. The van der Waals surface area contributed by atoms with Gasteiger partial charge in [0, 0.05) is 30.6 Å². The minimum atomic E-state index is -0.227. The van der Waals surface area contributed by atoms with Crippen molar-refractivity contribution in [1.29, 1.82) is 0 Å². The number of anilines is 1. The summed E-state index contributed by atoms with van der Waals surface area (Å²) in [4.78, 5) is 24.2. The third kappa shape index (κ3) is 5.07. The number of halogens is 1. The van der Waals surface area contributed by atoms with Crippen LogP contribution in [0.1, 0.15) is 30.0 Å².